The average Bonchev–Trinajstić information content (AvgIpc) is 2.76. The monoisotopic (exact) mass is 238 g/mol. The van der Waals surface area contributed by atoms with E-state index in [1.54, 1.807) is 6.07 Å². The zero-order valence-electron chi connectivity index (χ0n) is 8.56. The number of hydrogen-bond donors (Lipinski definition) is 1. The quantitative estimate of drug-likeness (QED) is 0.879. The second kappa shape index (κ2) is 5.09. The number of aryl methyl sites for hydroxylation is 1. The molecule has 2 N–H and O–H groups in total. The molecule has 0 radical (unpaired) electrons. The minimum Gasteiger partial charge on any atom is -0.330 e. The predicted molar refractivity (Wildman–Crippen MR) is 60.5 cm³/mol. The van der Waals surface area contributed by atoms with E-state index in [4.69, 9.17) is 5.73 Å². The molecule has 0 atom stereocenters. The molecule has 0 saturated carbocycles. The number of rotatable bonds is 4. The van der Waals surface area contributed by atoms with Crippen LogP contribution >= 0.6 is 11.3 Å². The lowest BCUT2D eigenvalue weighted by Crippen LogP contribution is -1.99. The van der Waals surface area contributed by atoms with E-state index in [-0.39, 0.29) is 5.82 Å². The van der Waals surface area contributed by atoms with Crippen molar-refractivity contribution in [1.82, 2.24) is 15.2 Å². The molecule has 0 aliphatic carbocycles. The third-order valence-corrected chi connectivity index (χ3v) is 3.01. The summed E-state index contributed by atoms with van der Waals surface area (Å²) >= 11 is 1.47. The van der Waals surface area contributed by atoms with Gasteiger partial charge in [0.1, 0.15) is 16.5 Å². The third kappa shape index (κ3) is 2.59. The standard InChI is InChI=1S/C10H11FN4S/c11-7-3-4-8(13-6-7)10-15-14-9(16-10)2-1-5-12/h3-4,6H,1-2,5,12H2. The zero-order valence-corrected chi connectivity index (χ0v) is 9.38. The van der Waals surface area contributed by atoms with Crippen LogP contribution in [0.4, 0.5) is 4.39 Å². The van der Waals surface area contributed by atoms with Gasteiger partial charge in [-0.2, -0.15) is 0 Å². The Kier molecular flexibility index (Phi) is 3.53. The van der Waals surface area contributed by atoms with E-state index in [0.29, 0.717) is 17.2 Å². The van der Waals surface area contributed by atoms with E-state index >= 15 is 0 Å². The highest BCUT2D eigenvalue weighted by molar-refractivity contribution is 7.14. The number of nitrogens with zero attached hydrogens (tertiary/aromatic N) is 3. The van der Waals surface area contributed by atoms with Gasteiger partial charge in [0.25, 0.3) is 0 Å². The van der Waals surface area contributed by atoms with Gasteiger partial charge in [-0.25, -0.2) is 4.39 Å². The van der Waals surface area contributed by atoms with Crippen LogP contribution in [0.25, 0.3) is 10.7 Å². The molecule has 84 valence electrons. The van der Waals surface area contributed by atoms with Gasteiger partial charge < -0.3 is 5.73 Å². The van der Waals surface area contributed by atoms with E-state index in [9.17, 15) is 4.39 Å². The van der Waals surface area contributed by atoms with E-state index in [1.165, 1.54) is 23.6 Å². The second-order valence-corrected chi connectivity index (χ2v) is 4.32. The van der Waals surface area contributed by atoms with Gasteiger partial charge in [0.05, 0.1) is 6.20 Å². The fraction of sp³-hybridized carbons (Fsp3) is 0.300. The van der Waals surface area contributed by atoms with Crippen LogP contribution in [-0.2, 0) is 6.42 Å². The van der Waals surface area contributed by atoms with Gasteiger partial charge in [0.15, 0.2) is 5.01 Å². The SMILES string of the molecule is NCCCc1nnc(-c2ccc(F)cn2)s1. The summed E-state index contributed by atoms with van der Waals surface area (Å²) in [5.74, 6) is -0.350. The molecule has 16 heavy (non-hydrogen) atoms. The Balaban J connectivity index is 2.15. The Bertz CT molecular complexity index is 454. The third-order valence-electron chi connectivity index (χ3n) is 2.01. The molecule has 0 fully saturated rings. The summed E-state index contributed by atoms with van der Waals surface area (Å²) < 4.78 is 12.7. The van der Waals surface area contributed by atoms with Gasteiger partial charge in [-0.05, 0) is 25.1 Å². The van der Waals surface area contributed by atoms with Crippen molar-refractivity contribution in [3.8, 4) is 10.7 Å². The summed E-state index contributed by atoms with van der Waals surface area (Å²) in [7, 11) is 0. The van der Waals surface area contributed by atoms with Crippen molar-refractivity contribution in [1.29, 1.82) is 0 Å². The first-order chi connectivity index (χ1) is 7.79. The van der Waals surface area contributed by atoms with E-state index in [1.807, 2.05) is 0 Å². The average molecular weight is 238 g/mol. The van der Waals surface area contributed by atoms with Crippen LogP contribution in [0.1, 0.15) is 11.4 Å². The highest BCUT2D eigenvalue weighted by atomic mass is 32.1. The number of pyridine rings is 1. The van der Waals surface area contributed by atoms with Crippen LogP contribution in [0.2, 0.25) is 0 Å². The first kappa shape index (κ1) is 11.1. The van der Waals surface area contributed by atoms with Crippen molar-refractivity contribution >= 4 is 11.3 Å². The molecular weight excluding hydrogens is 227 g/mol. The highest BCUT2D eigenvalue weighted by Crippen LogP contribution is 2.21. The summed E-state index contributed by atoms with van der Waals surface area (Å²) in [6, 6.07) is 2.96. The topological polar surface area (TPSA) is 64.7 Å². The molecule has 2 aromatic heterocycles. The molecule has 2 heterocycles. The smallest absolute Gasteiger partial charge is 0.166 e. The molecule has 0 aliphatic heterocycles. The van der Waals surface area contributed by atoms with Crippen molar-refractivity contribution < 1.29 is 4.39 Å². The molecule has 0 unspecified atom stereocenters. The Morgan fingerprint density at radius 1 is 1.31 bits per heavy atom. The molecule has 0 saturated heterocycles. The van der Waals surface area contributed by atoms with Gasteiger partial charge in [-0.3, -0.25) is 4.98 Å². The number of aromatic nitrogens is 3. The molecule has 0 amide bonds. The van der Waals surface area contributed by atoms with E-state index < -0.39 is 0 Å². The number of nitrogens with two attached hydrogens (primary N) is 1. The van der Waals surface area contributed by atoms with Gasteiger partial charge >= 0.3 is 0 Å². The fourth-order valence-electron chi connectivity index (χ4n) is 1.21. The maximum Gasteiger partial charge on any atom is 0.166 e. The lowest BCUT2D eigenvalue weighted by molar-refractivity contribution is 0.622. The Hall–Kier alpha value is -1.40. The second-order valence-electron chi connectivity index (χ2n) is 3.25. The lowest BCUT2D eigenvalue weighted by Gasteiger charge is -1.92. The van der Waals surface area contributed by atoms with Crippen LogP contribution in [-0.4, -0.2) is 21.7 Å². The normalized spacial score (nSPS) is 10.6. The minimum atomic E-state index is -0.350. The molecule has 6 heteroatoms. The fourth-order valence-corrected chi connectivity index (χ4v) is 2.07. The predicted octanol–water partition coefficient (Wildman–Crippen LogP) is 1.63. The van der Waals surface area contributed by atoms with Crippen molar-refractivity contribution in [2.24, 2.45) is 5.73 Å². The van der Waals surface area contributed by atoms with Crippen LogP contribution in [0, 0.1) is 5.82 Å². The van der Waals surface area contributed by atoms with Gasteiger partial charge in [0, 0.05) is 6.42 Å². The molecule has 2 rings (SSSR count). The molecular formula is C10H11FN4S. The summed E-state index contributed by atoms with van der Waals surface area (Å²) in [5.41, 5.74) is 6.06. The molecule has 4 nitrogen and oxygen atoms in total. The Morgan fingerprint density at radius 2 is 2.19 bits per heavy atom. The summed E-state index contributed by atoms with van der Waals surface area (Å²) in [6.07, 6.45) is 2.90. The maximum absolute atomic E-state index is 12.7. The number of hydrogen-bond acceptors (Lipinski definition) is 5. The highest BCUT2D eigenvalue weighted by Gasteiger charge is 2.07. The first-order valence-electron chi connectivity index (χ1n) is 4.94. The van der Waals surface area contributed by atoms with Crippen molar-refractivity contribution in [2.45, 2.75) is 12.8 Å². The summed E-state index contributed by atoms with van der Waals surface area (Å²) in [5, 5.41) is 9.69. The van der Waals surface area contributed by atoms with Gasteiger partial charge in [-0.1, -0.05) is 11.3 Å². The lowest BCUT2D eigenvalue weighted by atomic mass is 10.3. The van der Waals surface area contributed by atoms with Crippen molar-refractivity contribution in [3.05, 3.63) is 29.2 Å². The van der Waals surface area contributed by atoms with Crippen LogP contribution in [0.3, 0.4) is 0 Å². The summed E-state index contributed by atoms with van der Waals surface area (Å²) in [6.45, 7) is 0.643. The van der Waals surface area contributed by atoms with Crippen molar-refractivity contribution in [2.75, 3.05) is 6.54 Å². The maximum atomic E-state index is 12.7. The van der Waals surface area contributed by atoms with Gasteiger partial charge in [-0.15, -0.1) is 10.2 Å². The minimum absolute atomic E-state index is 0.350. The molecule has 0 spiro atoms. The van der Waals surface area contributed by atoms with Crippen LogP contribution < -0.4 is 5.73 Å². The number of halogens is 1. The Morgan fingerprint density at radius 3 is 2.88 bits per heavy atom. The van der Waals surface area contributed by atoms with Crippen LogP contribution in [0.5, 0.6) is 0 Å². The van der Waals surface area contributed by atoms with E-state index in [0.717, 1.165) is 17.8 Å². The summed E-state index contributed by atoms with van der Waals surface area (Å²) in [4.78, 5) is 3.95. The molecule has 0 bridgehead atoms. The van der Waals surface area contributed by atoms with Crippen molar-refractivity contribution in [3.63, 3.8) is 0 Å². The molecule has 0 aromatic carbocycles. The molecule has 0 aliphatic rings. The first-order valence-corrected chi connectivity index (χ1v) is 5.75. The molecule has 2 aromatic rings. The Labute approximate surface area is 96.4 Å². The van der Waals surface area contributed by atoms with Gasteiger partial charge in [0.2, 0.25) is 0 Å². The largest absolute Gasteiger partial charge is 0.330 e. The van der Waals surface area contributed by atoms with Crippen LogP contribution in [0.15, 0.2) is 18.3 Å². The van der Waals surface area contributed by atoms with E-state index in [2.05, 4.69) is 15.2 Å². The zero-order chi connectivity index (χ0) is 11.4.